The third kappa shape index (κ3) is 10.6. The molecule has 1 atom stereocenters. The summed E-state index contributed by atoms with van der Waals surface area (Å²) < 4.78 is 58.7. The van der Waals surface area contributed by atoms with E-state index < -0.39 is 20.4 Å². The predicted octanol–water partition coefficient (Wildman–Crippen LogP) is 4.99. The Morgan fingerprint density at radius 3 is 2.36 bits per heavy atom. The number of alkyl halides is 3. The van der Waals surface area contributed by atoms with Crippen LogP contribution in [0.15, 0.2) is 84.8 Å². The minimum absolute atomic E-state index is 0.0366. The van der Waals surface area contributed by atoms with E-state index in [1.165, 1.54) is 24.4 Å². The van der Waals surface area contributed by atoms with Gasteiger partial charge in [0.05, 0.1) is 5.69 Å². The minimum Gasteiger partial charge on any atom is -0.487 e. The first kappa shape index (κ1) is 27.4. The zero-order chi connectivity index (χ0) is 26.0. The molecule has 7 nitrogen and oxygen atoms in total. The number of halogens is 3. The summed E-state index contributed by atoms with van der Waals surface area (Å²) in [5, 5.41) is 3.29. The average molecular weight is 522 g/mol. The third-order valence-electron chi connectivity index (χ3n) is 4.88. The van der Waals surface area contributed by atoms with Crippen LogP contribution >= 0.6 is 7.60 Å². The van der Waals surface area contributed by atoms with Gasteiger partial charge in [-0.15, -0.1) is 0 Å². The van der Waals surface area contributed by atoms with Crippen LogP contribution < -0.4 is 14.8 Å². The van der Waals surface area contributed by atoms with Gasteiger partial charge in [-0.25, -0.2) is 0 Å². The molecule has 3 aromatic rings. The molecular formula is C25H26F3N2O5P. The van der Waals surface area contributed by atoms with Crippen molar-refractivity contribution in [2.45, 2.75) is 31.8 Å². The Labute approximate surface area is 206 Å². The Hall–Kier alpha value is -3.17. The van der Waals surface area contributed by atoms with E-state index in [0.29, 0.717) is 24.4 Å². The van der Waals surface area contributed by atoms with E-state index in [1.807, 2.05) is 42.5 Å². The summed E-state index contributed by atoms with van der Waals surface area (Å²) in [6.45, 7) is -0.824. The smallest absolute Gasteiger partial charge is 0.422 e. The van der Waals surface area contributed by atoms with Crippen LogP contribution in [0.25, 0.3) is 0 Å². The highest BCUT2D eigenvalue weighted by atomic mass is 31.2. The number of nitrogens with zero attached hydrogens (tertiary/aromatic N) is 1. The summed E-state index contributed by atoms with van der Waals surface area (Å²) in [6.07, 6.45) is -1.14. The van der Waals surface area contributed by atoms with E-state index in [4.69, 9.17) is 9.47 Å². The quantitative estimate of drug-likeness (QED) is 0.288. The van der Waals surface area contributed by atoms with Gasteiger partial charge in [0.1, 0.15) is 18.1 Å². The van der Waals surface area contributed by atoms with Crippen molar-refractivity contribution < 1.29 is 37.0 Å². The molecule has 1 heterocycles. The first-order valence-electron chi connectivity index (χ1n) is 10.9. The Morgan fingerprint density at radius 1 is 0.972 bits per heavy atom. The molecule has 3 rings (SSSR count). The number of benzene rings is 2. The van der Waals surface area contributed by atoms with Crippen LogP contribution in [0.4, 0.5) is 13.2 Å². The number of ether oxygens (including phenoxy) is 2. The summed E-state index contributed by atoms with van der Waals surface area (Å²) in [4.78, 5) is 22.5. The van der Waals surface area contributed by atoms with Gasteiger partial charge >= 0.3 is 13.8 Å². The van der Waals surface area contributed by atoms with Gasteiger partial charge in [-0.05, 0) is 35.7 Å². The molecule has 11 heteroatoms. The molecule has 0 unspecified atom stereocenters. The molecule has 0 saturated heterocycles. The Bertz CT molecular complexity index is 1170. The van der Waals surface area contributed by atoms with Crippen LogP contribution in [0.2, 0.25) is 0 Å². The normalized spacial score (nSPS) is 13.0. The van der Waals surface area contributed by atoms with Crippen molar-refractivity contribution in [3.05, 3.63) is 102 Å². The van der Waals surface area contributed by atoms with Gasteiger partial charge in [-0.3, -0.25) is 9.55 Å². The molecule has 0 amide bonds. The number of nitrogens with one attached hydrogen (secondary N) is 1. The van der Waals surface area contributed by atoms with Crippen molar-refractivity contribution in [2.24, 2.45) is 0 Å². The standard InChI is InChI=1S/C25H26F3N2O5P/c26-25(27,28)18-35-24-10-12-29-22(15-24)17-34-23-8-6-19(7-9-23)14-21(11-13-36(31,32)33)30-16-20-4-2-1-3-5-20/h1-13,15,21,30H,14,16-18H2,(H2,31,32,33)/b13-11+/t21-/m0/s1. The lowest BCUT2D eigenvalue weighted by atomic mass is 10.1. The molecule has 1 aromatic heterocycles. The third-order valence-corrected chi connectivity index (χ3v) is 5.44. The first-order valence-corrected chi connectivity index (χ1v) is 12.6. The molecule has 0 saturated carbocycles. The Balaban J connectivity index is 1.57. The molecule has 0 radical (unpaired) electrons. The van der Waals surface area contributed by atoms with Gasteiger partial charge in [0.15, 0.2) is 6.61 Å². The van der Waals surface area contributed by atoms with E-state index in [0.717, 1.165) is 16.9 Å². The summed E-state index contributed by atoms with van der Waals surface area (Å²) in [5.41, 5.74) is 2.35. The van der Waals surface area contributed by atoms with Crippen molar-refractivity contribution in [1.29, 1.82) is 0 Å². The monoisotopic (exact) mass is 522 g/mol. The van der Waals surface area contributed by atoms with E-state index in [-0.39, 0.29) is 18.4 Å². The second-order valence-electron chi connectivity index (χ2n) is 7.93. The summed E-state index contributed by atoms with van der Waals surface area (Å²) in [6, 6.07) is 19.2. The zero-order valence-corrected chi connectivity index (χ0v) is 20.0. The molecule has 0 bridgehead atoms. The second kappa shape index (κ2) is 12.7. The minimum atomic E-state index is -4.43. The van der Waals surface area contributed by atoms with Gasteiger partial charge < -0.3 is 24.6 Å². The summed E-state index contributed by atoms with van der Waals surface area (Å²) >= 11 is 0. The molecule has 36 heavy (non-hydrogen) atoms. The fourth-order valence-electron chi connectivity index (χ4n) is 3.19. The molecule has 0 aliphatic heterocycles. The van der Waals surface area contributed by atoms with Crippen LogP contribution in [-0.2, 0) is 24.1 Å². The maximum atomic E-state index is 12.3. The molecule has 192 valence electrons. The van der Waals surface area contributed by atoms with Crippen LogP contribution in [-0.4, -0.2) is 33.6 Å². The number of pyridine rings is 1. The van der Waals surface area contributed by atoms with Gasteiger partial charge in [-0.2, -0.15) is 13.2 Å². The maximum absolute atomic E-state index is 12.3. The van der Waals surface area contributed by atoms with Crippen molar-refractivity contribution in [3.63, 3.8) is 0 Å². The van der Waals surface area contributed by atoms with Crippen molar-refractivity contribution in [1.82, 2.24) is 10.3 Å². The number of hydrogen-bond acceptors (Lipinski definition) is 5. The van der Waals surface area contributed by atoms with Crippen LogP contribution in [0.1, 0.15) is 16.8 Å². The van der Waals surface area contributed by atoms with Gasteiger partial charge in [0.25, 0.3) is 0 Å². The first-order chi connectivity index (χ1) is 17.1. The molecular weight excluding hydrogens is 496 g/mol. The van der Waals surface area contributed by atoms with Crippen molar-refractivity contribution in [3.8, 4) is 11.5 Å². The van der Waals surface area contributed by atoms with E-state index in [2.05, 4.69) is 10.3 Å². The summed E-state index contributed by atoms with van der Waals surface area (Å²) in [5.74, 6) is 1.47. The SMILES string of the molecule is O=P(O)(O)/C=C/[C@@H](Cc1ccc(OCc2cc(OCC(F)(F)F)ccn2)cc1)NCc1ccccc1. The van der Waals surface area contributed by atoms with E-state index in [9.17, 15) is 27.5 Å². The van der Waals surface area contributed by atoms with E-state index >= 15 is 0 Å². The van der Waals surface area contributed by atoms with Gasteiger partial charge in [0, 0.05) is 30.7 Å². The lowest BCUT2D eigenvalue weighted by molar-refractivity contribution is -0.153. The fourth-order valence-corrected chi connectivity index (χ4v) is 3.62. The molecule has 0 spiro atoms. The van der Waals surface area contributed by atoms with Crippen LogP contribution in [0.5, 0.6) is 11.5 Å². The van der Waals surface area contributed by atoms with E-state index in [1.54, 1.807) is 12.1 Å². The van der Waals surface area contributed by atoms with Crippen molar-refractivity contribution in [2.75, 3.05) is 6.61 Å². The highest BCUT2D eigenvalue weighted by Gasteiger charge is 2.28. The molecule has 0 aliphatic carbocycles. The maximum Gasteiger partial charge on any atom is 0.422 e. The predicted molar refractivity (Wildman–Crippen MR) is 129 cm³/mol. The zero-order valence-electron chi connectivity index (χ0n) is 19.1. The van der Waals surface area contributed by atoms with Crippen molar-refractivity contribution >= 4 is 7.60 Å². The van der Waals surface area contributed by atoms with Crippen LogP contribution in [0, 0.1) is 0 Å². The number of aromatic nitrogens is 1. The molecule has 2 aromatic carbocycles. The largest absolute Gasteiger partial charge is 0.487 e. The molecule has 0 aliphatic rings. The average Bonchev–Trinajstić information content (AvgIpc) is 2.84. The van der Waals surface area contributed by atoms with Gasteiger partial charge in [-0.1, -0.05) is 48.5 Å². The summed E-state index contributed by atoms with van der Waals surface area (Å²) in [7, 11) is -4.29. The lowest BCUT2D eigenvalue weighted by Crippen LogP contribution is -2.28. The highest BCUT2D eigenvalue weighted by molar-refractivity contribution is 7.55. The molecule has 0 fully saturated rings. The topological polar surface area (TPSA) is 101 Å². The number of hydrogen-bond donors (Lipinski definition) is 3. The molecule has 3 N–H and O–H groups in total. The Kier molecular flexibility index (Phi) is 9.66. The Morgan fingerprint density at radius 2 is 1.69 bits per heavy atom. The fraction of sp³-hybridized carbons (Fsp3) is 0.240. The lowest BCUT2D eigenvalue weighted by Gasteiger charge is -2.16. The van der Waals surface area contributed by atoms with Gasteiger partial charge in [0.2, 0.25) is 0 Å². The highest BCUT2D eigenvalue weighted by Crippen LogP contribution is 2.36. The number of rotatable bonds is 12. The van der Waals surface area contributed by atoms with Crippen LogP contribution in [0.3, 0.4) is 0 Å². The second-order valence-corrected chi connectivity index (χ2v) is 9.40.